The third kappa shape index (κ3) is 8.50. The molecule has 17 heavy (non-hydrogen) atoms. The zero-order valence-corrected chi connectivity index (χ0v) is 11.2. The molecule has 0 unspecified atom stereocenters. The maximum atomic E-state index is 11.4. The van der Waals surface area contributed by atoms with Crippen molar-refractivity contribution in [2.45, 2.75) is 52.7 Å². The second-order valence-corrected chi connectivity index (χ2v) is 5.35. The number of hydrogen-bond acceptors (Lipinski definition) is 4. The molecule has 0 saturated carbocycles. The Bertz CT molecular complexity index is 272. The fourth-order valence-electron chi connectivity index (χ4n) is 1.12. The third-order valence-electron chi connectivity index (χ3n) is 1.75. The topological polar surface area (TPSA) is 93.5 Å². The fourth-order valence-corrected chi connectivity index (χ4v) is 1.12. The van der Waals surface area contributed by atoms with E-state index in [-0.39, 0.29) is 0 Å². The summed E-state index contributed by atoms with van der Waals surface area (Å²) in [4.78, 5) is 22.7. The Labute approximate surface area is 102 Å². The van der Waals surface area contributed by atoms with E-state index in [1.807, 2.05) is 13.8 Å². The predicted molar refractivity (Wildman–Crippen MR) is 64.9 cm³/mol. The van der Waals surface area contributed by atoms with Gasteiger partial charge in [-0.15, -0.1) is 0 Å². The van der Waals surface area contributed by atoms with Gasteiger partial charge in [-0.1, -0.05) is 13.8 Å². The van der Waals surface area contributed by atoms with Gasteiger partial charge in [0.25, 0.3) is 5.91 Å². The van der Waals surface area contributed by atoms with Crippen LogP contribution in [-0.2, 0) is 9.53 Å². The molecule has 100 valence electrons. The maximum absolute atomic E-state index is 11.4. The highest BCUT2D eigenvalue weighted by atomic mass is 16.6. The zero-order chi connectivity index (χ0) is 13.6. The van der Waals surface area contributed by atoms with E-state index >= 15 is 0 Å². The molecule has 0 aromatic heterocycles. The van der Waals surface area contributed by atoms with Gasteiger partial charge in [-0.25, -0.2) is 10.2 Å². The molecule has 0 spiro atoms. The van der Waals surface area contributed by atoms with Gasteiger partial charge in [-0.05, 0) is 33.1 Å². The lowest BCUT2D eigenvalue weighted by atomic mass is 10.0. The third-order valence-corrected chi connectivity index (χ3v) is 1.75. The van der Waals surface area contributed by atoms with Gasteiger partial charge in [0.2, 0.25) is 0 Å². The summed E-state index contributed by atoms with van der Waals surface area (Å²) < 4.78 is 4.94. The van der Waals surface area contributed by atoms with E-state index in [0.29, 0.717) is 12.3 Å². The van der Waals surface area contributed by atoms with Crippen molar-refractivity contribution in [1.82, 2.24) is 10.9 Å². The molecule has 0 aromatic rings. The lowest BCUT2D eigenvalue weighted by Gasteiger charge is -2.20. The Hall–Kier alpha value is -1.30. The molecule has 0 aliphatic rings. The predicted octanol–water partition coefficient (Wildman–Crippen LogP) is 0.916. The molecule has 0 rings (SSSR count). The summed E-state index contributed by atoms with van der Waals surface area (Å²) in [6.07, 6.45) is -0.149. The molecule has 0 aliphatic carbocycles. The average Bonchev–Trinajstić information content (AvgIpc) is 2.10. The molecule has 0 bridgehead atoms. The van der Waals surface area contributed by atoms with Crippen LogP contribution in [0.15, 0.2) is 0 Å². The van der Waals surface area contributed by atoms with Gasteiger partial charge in [0, 0.05) is 0 Å². The van der Waals surface area contributed by atoms with Crippen LogP contribution in [0.4, 0.5) is 4.79 Å². The van der Waals surface area contributed by atoms with Crippen molar-refractivity contribution in [3.05, 3.63) is 0 Å². The number of rotatable bonds is 3. The summed E-state index contributed by atoms with van der Waals surface area (Å²) in [6.45, 7) is 9.14. The van der Waals surface area contributed by atoms with Gasteiger partial charge in [0.15, 0.2) is 0 Å². The number of ether oxygens (including phenoxy) is 1. The number of carbonyl (C=O) groups excluding carboxylic acids is 2. The molecule has 0 aliphatic heterocycles. The van der Waals surface area contributed by atoms with Crippen molar-refractivity contribution in [1.29, 1.82) is 0 Å². The van der Waals surface area contributed by atoms with E-state index in [4.69, 9.17) is 10.5 Å². The first-order valence-corrected chi connectivity index (χ1v) is 5.66. The molecule has 0 aromatic carbocycles. The molecule has 0 saturated heterocycles. The Balaban J connectivity index is 3.96. The van der Waals surface area contributed by atoms with Crippen molar-refractivity contribution in [3.63, 3.8) is 0 Å². The number of carbonyl (C=O) groups is 2. The van der Waals surface area contributed by atoms with E-state index in [1.54, 1.807) is 20.8 Å². The van der Waals surface area contributed by atoms with Crippen LogP contribution in [0.5, 0.6) is 0 Å². The average molecular weight is 245 g/mol. The summed E-state index contributed by atoms with van der Waals surface area (Å²) in [5, 5.41) is 0. The van der Waals surface area contributed by atoms with Crippen LogP contribution in [0.3, 0.4) is 0 Å². The van der Waals surface area contributed by atoms with Gasteiger partial charge in [0.1, 0.15) is 5.60 Å². The standard InChI is InChI=1S/C11H23N3O3/c1-7(2)6-8(12)9(15)13-14-10(16)17-11(3,4)5/h7-8H,6,12H2,1-5H3,(H,13,15)(H,14,16)/t8-/m0/s1. The molecule has 0 heterocycles. The minimum absolute atomic E-state index is 0.317. The minimum Gasteiger partial charge on any atom is -0.443 e. The summed E-state index contributed by atoms with van der Waals surface area (Å²) in [5.74, 6) is -0.109. The monoisotopic (exact) mass is 245 g/mol. The Morgan fingerprint density at radius 1 is 1.24 bits per heavy atom. The first-order chi connectivity index (χ1) is 7.61. The summed E-state index contributed by atoms with van der Waals surface area (Å²) >= 11 is 0. The highest BCUT2D eigenvalue weighted by Gasteiger charge is 2.18. The first-order valence-electron chi connectivity index (χ1n) is 5.66. The smallest absolute Gasteiger partial charge is 0.426 e. The number of hydrazine groups is 1. The molecule has 1 atom stereocenters. The number of amides is 2. The second-order valence-electron chi connectivity index (χ2n) is 5.35. The SMILES string of the molecule is CC(C)C[C@H](N)C(=O)NNC(=O)OC(C)(C)C. The molecular formula is C11H23N3O3. The van der Waals surface area contributed by atoms with Crippen LogP contribution in [0.25, 0.3) is 0 Å². The van der Waals surface area contributed by atoms with Gasteiger partial charge < -0.3 is 10.5 Å². The van der Waals surface area contributed by atoms with Gasteiger partial charge in [0.05, 0.1) is 6.04 Å². The van der Waals surface area contributed by atoms with Gasteiger partial charge >= 0.3 is 6.09 Å². The lowest BCUT2D eigenvalue weighted by Crippen LogP contribution is -2.50. The molecule has 2 amide bonds. The molecule has 0 radical (unpaired) electrons. The number of nitrogens with two attached hydrogens (primary N) is 1. The van der Waals surface area contributed by atoms with E-state index in [1.165, 1.54) is 0 Å². The highest BCUT2D eigenvalue weighted by molar-refractivity contribution is 5.83. The van der Waals surface area contributed by atoms with Crippen molar-refractivity contribution in [2.75, 3.05) is 0 Å². The summed E-state index contributed by atoms with van der Waals surface area (Å²) in [7, 11) is 0. The van der Waals surface area contributed by atoms with Crippen LogP contribution in [0, 0.1) is 5.92 Å². The number of nitrogens with one attached hydrogen (secondary N) is 2. The minimum atomic E-state index is -0.706. The largest absolute Gasteiger partial charge is 0.443 e. The summed E-state index contributed by atoms with van der Waals surface area (Å²) in [5.41, 5.74) is 9.40. The van der Waals surface area contributed by atoms with E-state index in [0.717, 1.165) is 0 Å². The van der Waals surface area contributed by atoms with Crippen LogP contribution in [0.1, 0.15) is 41.0 Å². The quantitative estimate of drug-likeness (QED) is 0.644. The Morgan fingerprint density at radius 3 is 2.18 bits per heavy atom. The molecule has 0 fully saturated rings. The van der Waals surface area contributed by atoms with Crippen molar-refractivity contribution < 1.29 is 14.3 Å². The van der Waals surface area contributed by atoms with E-state index < -0.39 is 23.6 Å². The normalized spacial score (nSPS) is 13.1. The zero-order valence-electron chi connectivity index (χ0n) is 11.2. The Morgan fingerprint density at radius 2 is 1.76 bits per heavy atom. The van der Waals surface area contributed by atoms with E-state index in [9.17, 15) is 9.59 Å². The maximum Gasteiger partial charge on any atom is 0.426 e. The van der Waals surface area contributed by atoms with Crippen LogP contribution >= 0.6 is 0 Å². The first kappa shape index (κ1) is 15.7. The van der Waals surface area contributed by atoms with Crippen molar-refractivity contribution >= 4 is 12.0 Å². The molecule has 4 N–H and O–H groups in total. The second kappa shape index (κ2) is 6.44. The van der Waals surface area contributed by atoms with Crippen molar-refractivity contribution in [3.8, 4) is 0 Å². The van der Waals surface area contributed by atoms with Crippen LogP contribution in [0.2, 0.25) is 0 Å². The van der Waals surface area contributed by atoms with Crippen molar-refractivity contribution in [2.24, 2.45) is 11.7 Å². The fraction of sp³-hybridized carbons (Fsp3) is 0.818. The number of hydrogen-bond donors (Lipinski definition) is 3. The Kier molecular flexibility index (Phi) is 5.95. The molecule has 6 nitrogen and oxygen atoms in total. The lowest BCUT2D eigenvalue weighted by molar-refractivity contribution is -0.123. The molecular weight excluding hydrogens is 222 g/mol. The summed E-state index contributed by atoms with van der Waals surface area (Å²) in [6, 6.07) is -0.634. The van der Waals surface area contributed by atoms with E-state index in [2.05, 4.69) is 10.9 Å². The van der Waals surface area contributed by atoms with Gasteiger partial charge in [-0.3, -0.25) is 10.2 Å². The van der Waals surface area contributed by atoms with Gasteiger partial charge in [-0.2, -0.15) is 0 Å². The molecule has 6 heteroatoms. The van der Waals surface area contributed by atoms with Crippen LogP contribution < -0.4 is 16.6 Å². The highest BCUT2D eigenvalue weighted by Crippen LogP contribution is 2.06. The van der Waals surface area contributed by atoms with Crippen LogP contribution in [-0.4, -0.2) is 23.6 Å².